The predicted octanol–water partition coefficient (Wildman–Crippen LogP) is 0.701. The van der Waals surface area contributed by atoms with Gasteiger partial charge in [0.05, 0.1) is 31.1 Å². The summed E-state index contributed by atoms with van der Waals surface area (Å²) in [7, 11) is -3.07. The Balaban J connectivity index is 1.65. The Morgan fingerprint density at radius 1 is 1.19 bits per heavy atom. The maximum absolute atomic E-state index is 11.7. The molecule has 1 fully saturated rings. The van der Waals surface area contributed by atoms with Gasteiger partial charge in [-0.1, -0.05) is 12.1 Å². The van der Waals surface area contributed by atoms with E-state index in [-0.39, 0.29) is 24.5 Å². The van der Waals surface area contributed by atoms with Crippen LogP contribution in [0, 0.1) is 0 Å². The van der Waals surface area contributed by atoms with Gasteiger partial charge in [-0.25, -0.2) is 8.42 Å². The first kappa shape index (κ1) is 20.0. The fraction of sp³-hybridized carbons (Fsp3) is 0.529. The summed E-state index contributed by atoms with van der Waals surface area (Å²) < 4.78 is 38.4. The van der Waals surface area contributed by atoms with Crippen molar-refractivity contribution >= 4 is 21.7 Å². The van der Waals surface area contributed by atoms with E-state index in [9.17, 15) is 18.0 Å². The summed E-state index contributed by atoms with van der Waals surface area (Å²) in [6.07, 6.45) is 0.362. The van der Waals surface area contributed by atoms with Gasteiger partial charge in [0.25, 0.3) is 5.91 Å². The topological polar surface area (TPSA) is 108 Å². The van der Waals surface area contributed by atoms with Gasteiger partial charge in [-0.15, -0.1) is 0 Å². The number of ether oxygens (including phenoxy) is 3. The van der Waals surface area contributed by atoms with Gasteiger partial charge in [-0.2, -0.15) is 0 Å². The molecular weight excluding hydrogens is 362 g/mol. The fourth-order valence-corrected chi connectivity index (χ4v) is 4.16. The number of benzene rings is 1. The van der Waals surface area contributed by atoms with Gasteiger partial charge in [0, 0.05) is 6.04 Å². The monoisotopic (exact) mass is 385 g/mol. The molecule has 9 heteroatoms. The minimum absolute atomic E-state index is 0.0223. The number of para-hydroxylation sites is 2. The van der Waals surface area contributed by atoms with Crippen LogP contribution < -0.4 is 14.8 Å². The van der Waals surface area contributed by atoms with Crippen molar-refractivity contribution in [2.45, 2.75) is 25.8 Å². The molecule has 1 heterocycles. The Kier molecular flexibility index (Phi) is 7.26. The summed E-state index contributed by atoms with van der Waals surface area (Å²) in [4.78, 5) is 23.4. The zero-order valence-corrected chi connectivity index (χ0v) is 15.4. The quantitative estimate of drug-likeness (QED) is 0.623. The molecule has 1 amide bonds. The van der Waals surface area contributed by atoms with Gasteiger partial charge in [0.1, 0.15) is 0 Å². The zero-order valence-electron chi connectivity index (χ0n) is 14.6. The number of sulfone groups is 1. The summed E-state index contributed by atoms with van der Waals surface area (Å²) in [6.45, 7) is 2.01. The molecule has 0 radical (unpaired) electrons. The first-order valence-corrected chi connectivity index (χ1v) is 10.2. The molecular formula is C17H23NO7S. The minimum Gasteiger partial charge on any atom is -0.490 e. The smallest absolute Gasteiger partial charge is 0.309 e. The lowest BCUT2D eigenvalue weighted by molar-refractivity contribution is -0.149. The second-order valence-corrected chi connectivity index (χ2v) is 8.04. The van der Waals surface area contributed by atoms with Crippen molar-refractivity contribution in [3.8, 4) is 11.5 Å². The van der Waals surface area contributed by atoms with E-state index in [0.717, 1.165) is 0 Å². The van der Waals surface area contributed by atoms with Gasteiger partial charge in [-0.3, -0.25) is 9.59 Å². The Bertz CT molecular complexity index is 732. The van der Waals surface area contributed by atoms with Crippen LogP contribution in [-0.2, 0) is 24.2 Å². The highest BCUT2D eigenvalue weighted by Gasteiger charge is 2.29. The molecule has 0 bridgehead atoms. The molecule has 0 aliphatic carbocycles. The zero-order chi connectivity index (χ0) is 19.0. The van der Waals surface area contributed by atoms with Gasteiger partial charge in [0.15, 0.2) is 27.9 Å². The summed E-state index contributed by atoms with van der Waals surface area (Å²) in [5, 5.41) is 2.55. The van der Waals surface area contributed by atoms with E-state index in [2.05, 4.69) is 5.32 Å². The number of carbonyl (C=O) groups excluding carboxylic acids is 2. The molecule has 1 saturated heterocycles. The second kappa shape index (κ2) is 9.42. The molecule has 0 saturated carbocycles. The predicted molar refractivity (Wildman–Crippen MR) is 93.9 cm³/mol. The van der Waals surface area contributed by atoms with Gasteiger partial charge in [-0.05, 0) is 25.5 Å². The number of hydrogen-bond acceptors (Lipinski definition) is 7. The van der Waals surface area contributed by atoms with Crippen LogP contribution in [0.3, 0.4) is 0 Å². The van der Waals surface area contributed by atoms with Crippen molar-refractivity contribution < 1.29 is 32.2 Å². The Labute approximate surface area is 152 Å². The summed E-state index contributed by atoms with van der Waals surface area (Å²) in [5.74, 6) is 0.0330. The van der Waals surface area contributed by atoms with Crippen molar-refractivity contribution in [2.24, 2.45) is 0 Å². The van der Waals surface area contributed by atoms with Crippen LogP contribution in [0.2, 0.25) is 0 Å². The average molecular weight is 385 g/mol. The van der Waals surface area contributed by atoms with E-state index in [1.54, 1.807) is 18.2 Å². The third-order valence-electron chi connectivity index (χ3n) is 3.67. The van der Waals surface area contributed by atoms with E-state index in [4.69, 9.17) is 14.2 Å². The maximum atomic E-state index is 11.7. The molecule has 1 aliphatic heterocycles. The molecule has 1 aromatic carbocycles. The molecule has 0 aromatic heterocycles. The highest BCUT2D eigenvalue weighted by atomic mass is 32.2. The molecule has 26 heavy (non-hydrogen) atoms. The van der Waals surface area contributed by atoms with E-state index >= 15 is 0 Å². The van der Waals surface area contributed by atoms with E-state index in [1.807, 2.05) is 13.0 Å². The number of hydrogen-bond donors (Lipinski definition) is 1. The van der Waals surface area contributed by atoms with Crippen molar-refractivity contribution in [2.75, 3.05) is 31.3 Å². The normalized spacial score (nSPS) is 18.1. The van der Waals surface area contributed by atoms with Crippen molar-refractivity contribution in [1.82, 2.24) is 5.32 Å². The van der Waals surface area contributed by atoms with E-state index in [0.29, 0.717) is 24.5 Å². The SMILES string of the molecule is CCOc1ccccc1OCCC(=O)OCC(=O)N[C@@H]1CCS(=O)(=O)C1. The van der Waals surface area contributed by atoms with Crippen LogP contribution in [-0.4, -0.2) is 57.7 Å². The highest BCUT2D eigenvalue weighted by Crippen LogP contribution is 2.26. The van der Waals surface area contributed by atoms with E-state index in [1.165, 1.54) is 0 Å². The fourth-order valence-electron chi connectivity index (χ4n) is 2.48. The first-order valence-electron chi connectivity index (χ1n) is 8.39. The molecule has 1 aliphatic rings. The summed E-state index contributed by atoms with van der Waals surface area (Å²) >= 11 is 0. The standard InChI is InChI=1S/C17H23NO7S/c1-2-23-14-5-3-4-6-15(14)24-9-7-17(20)25-11-16(19)18-13-8-10-26(21,22)12-13/h3-6,13H,2,7-12H2,1H3,(H,18,19)/t13-/m1/s1. The van der Waals surface area contributed by atoms with Crippen LogP contribution >= 0.6 is 0 Å². The number of carbonyl (C=O) groups is 2. The summed E-state index contributed by atoms with van der Waals surface area (Å²) in [5.41, 5.74) is 0. The van der Waals surface area contributed by atoms with Gasteiger partial charge in [0.2, 0.25) is 0 Å². The molecule has 0 unspecified atom stereocenters. The third-order valence-corrected chi connectivity index (χ3v) is 5.44. The van der Waals surface area contributed by atoms with Crippen LogP contribution in [0.4, 0.5) is 0 Å². The Morgan fingerprint density at radius 2 is 1.88 bits per heavy atom. The minimum atomic E-state index is -3.07. The summed E-state index contributed by atoms with van der Waals surface area (Å²) in [6, 6.07) is 6.71. The van der Waals surface area contributed by atoms with Gasteiger partial charge < -0.3 is 19.5 Å². The third kappa shape index (κ3) is 6.55. The molecule has 144 valence electrons. The molecule has 2 rings (SSSR count). The maximum Gasteiger partial charge on any atom is 0.309 e. The number of nitrogens with one attached hydrogen (secondary N) is 1. The molecule has 8 nitrogen and oxygen atoms in total. The van der Waals surface area contributed by atoms with Crippen molar-refractivity contribution in [3.63, 3.8) is 0 Å². The Morgan fingerprint density at radius 3 is 2.50 bits per heavy atom. The lowest BCUT2D eigenvalue weighted by Gasteiger charge is -2.12. The van der Waals surface area contributed by atoms with Crippen LogP contribution in [0.15, 0.2) is 24.3 Å². The molecule has 1 atom stereocenters. The first-order chi connectivity index (χ1) is 12.4. The molecule has 0 spiro atoms. The second-order valence-electron chi connectivity index (χ2n) is 5.81. The largest absolute Gasteiger partial charge is 0.490 e. The van der Waals surface area contributed by atoms with Gasteiger partial charge >= 0.3 is 5.97 Å². The van der Waals surface area contributed by atoms with Crippen LogP contribution in [0.5, 0.6) is 11.5 Å². The number of esters is 1. The van der Waals surface area contributed by atoms with E-state index < -0.39 is 34.4 Å². The lowest BCUT2D eigenvalue weighted by Crippen LogP contribution is -2.38. The average Bonchev–Trinajstić information content (AvgIpc) is 2.93. The van der Waals surface area contributed by atoms with Crippen LogP contribution in [0.25, 0.3) is 0 Å². The van der Waals surface area contributed by atoms with Crippen molar-refractivity contribution in [3.05, 3.63) is 24.3 Å². The number of rotatable bonds is 9. The van der Waals surface area contributed by atoms with Crippen LogP contribution in [0.1, 0.15) is 19.8 Å². The van der Waals surface area contributed by atoms with Crippen molar-refractivity contribution in [1.29, 1.82) is 0 Å². The lowest BCUT2D eigenvalue weighted by atomic mass is 10.2. The number of amides is 1. The Hall–Kier alpha value is -2.29. The molecule has 1 aromatic rings. The highest BCUT2D eigenvalue weighted by molar-refractivity contribution is 7.91. The molecule has 1 N–H and O–H groups in total.